The fraction of sp³-hybridized carbons (Fsp3) is 0.611. The zero-order valence-corrected chi connectivity index (χ0v) is 13.6. The van der Waals surface area contributed by atoms with Gasteiger partial charge < -0.3 is 10.8 Å². The van der Waals surface area contributed by atoms with Gasteiger partial charge in [-0.05, 0) is 54.8 Å². The van der Waals surface area contributed by atoms with E-state index in [1.165, 1.54) is 12.0 Å². The van der Waals surface area contributed by atoms with Crippen LogP contribution in [-0.2, 0) is 0 Å². The Morgan fingerprint density at radius 3 is 2.43 bits per heavy atom. The van der Waals surface area contributed by atoms with E-state index in [1.54, 1.807) is 0 Å². The van der Waals surface area contributed by atoms with Crippen LogP contribution in [0.5, 0.6) is 5.75 Å². The first-order chi connectivity index (χ1) is 10.0. The van der Waals surface area contributed by atoms with Crippen molar-refractivity contribution in [2.75, 3.05) is 6.54 Å². The summed E-state index contributed by atoms with van der Waals surface area (Å²) in [6.45, 7) is 6.95. The molecule has 3 heteroatoms. The Morgan fingerprint density at radius 1 is 1.24 bits per heavy atom. The highest BCUT2D eigenvalue weighted by atomic mass is 16.3. The molecule has 0 spiro atoms. The Kier molecular flexibility index (Phi) is 7.44. The minimum absolute atomic E-state index is 0.136. The molecule has 21 heavy (non-hydrogen) atoms. The summed E-state index contributed by atoms with van der Waals surface area (Å²) in [7, 11) is 0. The fourth-order valence-electron chi connectivity index (χ4n) is 2.76. The van der Waals surface area contributed by atoms with Gasteiger partial charge in [0.1, 0.15) is 5.75 Å². The van der Waals surface area contributed by atoms with Gasteiger partial charge in [0.2, 0.25) is 0 Å². The Labute approximate surface area is 128 Å². The molecule has 0 aliphatic heterocycles. The van der Waals surface area contributed by atoms with Gasteiger partial charge in [0.05, 0.1) is 5.56 Å². The van der Waals surface area contributed by atoms with Crippen LogP contribution in [0.4, 0.5) is 0 Å². The number of hydrogen-bond donors (Lipinski definition) is 2. The summed E-state index contributed by atoms with van der Waals surface area (Å²) in [5.74, 6) is 0.757. The Bertz CT molecular complexity index is 447. The van der Waals surface area contributed by atoms with E-state index in [4.69, 9.17) is 5.73 Å². The maximum absolute atomic E-state index is 11.2. The normalized spacial score (nSPS) is 12.6. The third-order valence-electron chi connectivity index (χ3n) is 4.07. The van der Waals surface area contributed by atoms with Crippen LogP contribution in [0, 0.1) is 0 Å². The first kappa shape index (κ1) is 17.7. The molecule has 3 nitrogen and oxygen atoms in total. The molecular weight excluding hydrogens is 262 g/mol. The highest BCUT2D eigenvalue weighted by Crippen LogP contribution is 2.35. The maximum Gasteiger partial charge on any atom is 0.153 e. The van der Waals surface area contributed by atoms with Gasteiger partial charge in [-0.15, -0.1) is 0 Å². The predicted octanol–water partition coefficient (Wildman–Crippen LogP) is 4.34. The van der Waals surface area contributed by atoms with Crippen molar-refractivity contribution < 1.29 is 9.90 Å². The molecule has 0 heterocycles. The van der Waals surface area contributed by atoms with Gasteiger partial charge in [0.15, 0.2) is 6.29 Å². The van der Waals surface area contributed by atoms with Gasteiger partial charge >= 0.3 is 0 Å². The van der Waals surface area contributed by atoms with E-state index in [1.807, 2.05) is 19.9 Å². The Morgan fingerprint density at radius 2 is 1.90 bits per heavy atom. The quantitative estimate of drug-likeness (QED) is 0.665. The van der Waals surface area contributed by atoms with Gasteiger partial charge in [0, 0.05) is 0 Å². The first-order valence-corrected chi connectivity index (χ1v) is 8.07. The van der Waals surface area contributed by atoms with Crippen LogP contribution in [-0.4, -0.2) is 17.9 Å². The molecule has 0 aromatic heterocycles. The summed E-state index contributed by atoms with van der Waals surface area (Å²) in [6.07, 6.45) is 6.22. The highest BCUT2D eigenvalue weighted by Gasteiger charge is 2.17. The van der Waals surface area contributed by atoms with Crippen LogP contribution in [0.1, 0.15) is 86.2 Å². The van der Waals surface area contributed by atoms with Crippen molar-refractivity contribution in [3.63, 3.8) is 0 Å². The lowest BCUT2D eigenvalue weighted by Gasteiger charge is -2.20. The molecule has 0 bridgehead atoms. The van der Waals surface area contributed by atoms with Crippen LogP contribution in [0.25, 0.3) is 0 Å². The van der Waals surface area contributed by atoms with Crippen molar-refractivity contribution in [2.45, 2.75) is 64.7 Å². The largest absolute Gasteiger partial charge is 0.507 e. The van der Waals surface area contributed by atoms with Crippen molar-refractivity contribution >= 4 is 6.29 Å². The third-order valence-corrected chi connectivity index (χ3v) is 4.07. The summed E-state index contributed by atoms with van der Waals surface area (Å²) >= 11 is 0. The van der Waals surface area contributed by atoms with E-state index in [9.17, 15) is 9.90 Å². The topological polar surface area (TPSA) is 63.3 Å². The predicted molar refractivity (Wildman–Crippen MR) is 88.1 cm³/mol. The fourth-order valence-corrected chi connectivity index (χ4v) is 2.76. The average Bonchev–Trinajstić information content (AvgIpc) is 2.47. The van der Waals surface area contributed by atoms with Crippen LogP contribution in [0.2, 0.25) is 0 Å². The van der Waals surface area contributed by atoms with E-state index in [0.29, 0.717) is 18.0 Å². The molecule has 1 rings (SSSR count). The van der Waals surface area contributed by atoms with E-state index < -0.39 is 0 Å². The van der Waals surface area contributed by atoms with Crippen molar-refractivity contribution in [3.8, 4) is 5.75 Å². The second-order valence-corrected chi connectivity index (χ2v) is 6.09. The second-order valence-electron chi connectivity index (χ2n) is 6.09. The van der Waals surface area contributed by atoms with Crippen molar-refractivity contribution in [2.24, 2.45) is 5.73 Å². The SMILES string of the molecule is CCCCC(CCCN)c1cc(C=O)c(O)c(C(C)C)c1. The summed E-state index contributed by atoms with van der Waals surface area (Å²) in [5, 5.41) is 10.2. The van der Waals surface area contributed by atoms with Gasteiger partial charge in [-0.1, -0.05) is 39.7 Å². The Balaban J connectivity index is 3.16. The first-order valence-electron chi connectivity index (χ1n) is 8.07. The number of nitrogens with two attached hydrogens (primary N) is 1. The zero-order valence-electron chi connectivity index (χ0n) is 13.6. The molecule has 1 aromatic rings. The number of carbonyl (C=O) groups is 1. The molecule has 3 N–H and O–H groups in total. The van der Waals surface area contributed by atoms with Crippen molar-refractivity contribution in [3.05, 3.63) is 28.8 Å². The highest BCUT2D eigenvalue weighted by molar-refractivity contribution is 5.80. The van der Waals surface area contributed by atoms with Crippen molar-refractivity contribution in [1.29, 1.82) is 0 Å². The molecule has 1 unspecified atom stereocenters. The molecule has 1 aromatic carbocycles. The number of phenolic OH excluding ortho intramolecular Hbond substituents is 1. The second kappa shape index (κ2) is 8.83. The molecule has 118 valence electrons. The number of aldehydes is 1. The molecule has 0 amide bonds. The minimum Gasteiger partial charge on any atom is -0.507 e. The van der Waals surface area contributed by atoms with Gasteiger partial charge in [-0.3, -0.25) is 4.79 Å². The lowest BCUT2D eigenvalue weighted by Crippen LogP contribution is -2.06. The van der Waals surface area contributed by atoms with Gasteiger partial charge in [-0.25, -0.2) is 0 Å². The minimum atomic E-state index is 0.136. The molecular formula is C18H29NO2. The lowest BCUT2D eigenvalue weighted by molar-refractivity contribution is 0.112. The van der Waals surface area contributed by atoms with Gasteiger partial charge in [0.25, 0.3) is 0 Å². The number of aromatic hydroxyl groups is 1. The standard InChI is InChI=1S/C18H29NO2/c1-4-5-7-14(8-6-9-19)15-10-16(12-20)18(21)17(11-15)13(2)3/h10-14,21H,4-9,19H2,1-3H3. The summed E-state index contributed by atoms with van der Waals surface area (Å²) < 4.78 is 0. The maximum atomic E-state index is 11.2. The zero-order chi connectivity index (χ0) is 15.8. The van der Waals surface area contributed by atoms with E-state index in [-0.39, 0.29) is 11.7 Å². The average molecular weight is 291 g/mol. The molecule has 0 saturated carbocycles. The number of unbranched alkanes of at least 4 members (excludes halogenated alkanes) is 1. The number of phenols is 1. The molecule has 1 atom stereocenters. The van der Waals surface area contributed by atoms with E-state index in [0.717, 1.165) is 37.5 Å². The van der Waals surface area contributed by atoms with Crippen molar-refractivity contribution in [1.82, 2.24) is 0 Å². The molecule has 0 aliphatic carbocycles. The lowest BCUT2D eigenvalue weighted by atomic mass is 9.85. The number of carbonyl (C=O) groups excluding carboxylic acids is 1. The van der Waals surface area contributed by atoms with Crippen LogP contribution in [0.15, 0.2) is 12.1 Å². The van der Waals surface area contributed by atoms with Gasteiger partial charge in [-0.2, -0.15) is 0 Å². The number of benzene rings is 1. The van der Waals surface area contributed by atoms with Crippen LogP contribution >= 0.6 is 0 Å². The monoisotopic (exact) mass is 291 g/mol. The molecule has 0 fully saturated rings. The van der Waals surface area contributed by atoms with E-state index >= 15 is 0 Å². The molecule has 0 radical (unpaired) electrons. The van der Waals surface area contributed by atoms with Crippen LogP contribution < -0.4 is 5.73 Å². The molecule has 0 aliphatic rings. The Hall–Kier alpha value is -1.35. The third kappa shape index (κ3) is 4.85. The summed E-state index contributed by atoms with van der Waals surface area (Å²) in [5.41, 5.74) is 8.09. The summed E-state index contributed by atoms with van der Waals surface area (Å²) in [6, 6.07) is 3.93. The van der Waals surface area contributed by atoms with E-state index in [2.05, 4.69) is 13.0 Å². The summed E-state index contributed by atoms with van der Waals surface area (Å²) in [4.78, 5) is 11.2. The number of hydrogen-bond acceptors (Lipinski definition) is 3. The number of rotatable bonds is 9. The van der Waals surface area contributed by atoms with Crippen LogP contribution in [0.3, 0.4) is 0 Å². The smallest absolute Gasteiger partial charge is 0.153 e. The molecule has 0 saturated heterocycles.